The quantitative estimate of drug-likeness (QED) is 0.417. The molecule has 0 nitrogen and oxygen atoms in total. The molecule has 1 heteroatoms. The lowest BCUT2D eigenvalue weighted by Gasteiger charge is -2.40. The van der Waals surface area contributed by atoms with Gasteiger partial charge in [0.2, 0.25) is 0 Å². The molecule has 0 N–H and O–H groups in total. The van der Waals surface area contributed by atoms with Crippen molar-refractivity contribution in [1.29, 1.82) is 0 Å². The summed E-state index contributed by atoms with van der Waals surface area (Å²) in [6.07, 6.45) is 2.51. The molecule has 0 heterocycles. The van der Waals surface area contributed by atoms with Crippen molar-refractivity contribution in [2.75, 3.05) is 0 Å². The summed E-state index contributed by atoms with van der Waals surface area (Å²) in [7, 11) is -1.75. The molecule has 32 heavy (non-hydrogen) atoms. The van der Waals surface area contributed by atoms with Crippen molar-refractivity contribution in [3.8, 4) is 11.1 Å². The van der Waals surface area contributed by atoms with E-state index in [-0.39, 0.29) is 5.41 Å². The molecule has 1 unspecified atom stereocenters. The average molecular weight is 441 g/mol. The van der Waals surface area contributed by atoms with Crippen LogP contribution in [-0.4, -0.2) is 8.07 Å². The highest BCUT2D eigenvalue weighted by atomic mass is 28.3. The highest BCUT2D eigenvalue weighted by molar-refractivity contribution is 6.82. The molecule has 0 aliphatic heterocycles. The van der Waals surface area contributed by atoms with E-state index in [2.05, 4.69) is 117 Å². The monoisotopic (exact) mass is 440 g/mol. The molecule has 2 aliphatic rings. The SMILES string of the molecule is CC1=Cc2c(-c3ccccc3)cc(C(C)(C)C)cc2C1[Si](C)(C)C1C(C)=C(C)C(C)=C1C. The lowest BCUT2D eigenvalue weighted by molar-refractivity contribution is 0.589. The van der Waals surface area contributed by atoms with E-state index >= 15 is 0 Å². The zero-order chi connectivity index (χ0) is 23.6. The Bertz CT molecular complexity index is 1140. The average Bonchev–Trinajstić information content (AvgIpc) is 3.16. The number of allylic oxidation sites excluding steroid dienone is 5. The third-order valence-electron chi connectivity index (χ3n) is 8.40. The standard InChI is InChI=1S/C31H40Si/c1-19-16-27-26(24-14-12-11-13-15-24)17-25(31(6,7)8)18-28(27)29(19)32(9,10)30-22(4)20(2)21(3)23(30)5/h11-18,29-30H,1-10H3. The van der Waals surface area contributed by atoms with Gasteiger partial charge in [0.15, 0.2) is 0 Å². The van der Waals surface area contributed by atoms with Gasteiger partial charge < -0.3 is 0 Å². The Labute approximate surface area is 197 Å². The van der Waals surface area contributed by atoms with Gasteiger partial charge in [0.25, 0.3) is 0 Å². The largest absolute Gasteiger partial charge is 0.0717 e. The molecule has 2 aromatic carbocycles. The second-order valence-electron chi connectivity index (χ2n) is 11.8. The van der Waals surface area contributed by atoms with Crippen LogP contribution in [0.3, 0.4) is 0 Å². The molecule has 0 amide bonds. The number of rotatable bonds is 3. The van der Waals surface area contributed by atoms with Gasteiger partial charge in [0.1, 0.15) is 0 Å². The Balaban J connectivity index is 1.95. The Morgan fingerprint density at radius 2 is 1.31 bits per heavy atom. The summed E-state index contributed by atoms with van der Waals surface area (Å²) in [6.45, 7) is 24.1. The van der Waals surface area contributed by atoms with Gasteiger partial charge >= 0.3 is 0 Å². The van der Waals surface area contributed by atoms with Crippen LogP contribution in [0.5, 0.6) is 0 Å². The first kappa shape index (κ1) is 23.0. The van der Waals surface area contributed by atoms with E-state index in [4.69, 9.17) is 0 Å². The molecule has 168 valence electrons. The van der Waals surface area contributed by atoms with E-state index in [1.165, 1.54) is 33.4 Å². The minimum atomic E-state index is -1.75. The van der Waals surface area contributed by atoms with Gasteiger partial charge in [-0.15, -0.1) is 0 Å². The van der Waals surface area contributed by atoms with Crippen molar-refractivity contribution in [2.45, 2.75) is 85.0 Å². The van der Waals surface area contributed by atoms with Crippen LogP contribution >= 0.6 is 0 Å². The van der Waals surface area contributed by atoms with E-state index in [0.29, 0.717) is 11.1 Å². The first-order valence-electron chi connectivity index (χ1n) is 12.1. The van der Waals surface area contributed by atoms with Crippen LogP contribution in [0.15, 0.2) is 70.3 Å². The highest BCUT2D eigenvalue weighted by Gasteiger charge is 2.47. The van der Waals surface area contributed by atoms with Crippen molar-refractivity contribution in [2.24, 2.45) is 0 Å². The summed E-state index contributed by atoms with van der Waals surface area (Å²) >= 11 is 0. The number of hydrogen-bond donors (Lipinski definition) is 0. The van der Waals surface area contributed by atoms with Crippen LogP contribution in [0.25, 0.3) is 17.2 Å². The smallest absolute Gasteiger partial charge is 0.0679 e. The summed E-state index contributed by atoms with van der Waals surface area (Å²) in [5, 5.41) is 0. The number of benzene rings is 2. The van der Waals surface area contributed by atoms with Crippen LogP contribution in [0.1, 0.15) is 77.6 Å². The van der Waals surface area contributed by atoms with Crippen molar-refractivity contribution < 1.29 is 0 Å². The van der Waals surface area contributed by atoms with Crippen LogP contribution < -0.4 is 0 Å². The summed E-state index contributed by atoms with van der Waals surface area (Å²) in [5.41, 5.74) is 16.4. The molecule has 2 aliphatic carbocycles. The van der Waals surface area contributed by atoms with Gasteiger partial charge in [-0.3, -0.25) is 0 Å². The topological polar surface area (TPSA) is 0 Å². The van der Waals surface area contributed by atoms with E-state index in [9.17, 15) is 0 Å². The van der Waals surface area contributed by atoms with Gasteiger partial charge in [-0.25, -0.2) is 0 Å². The van der Waals surface area contributed by atoms with E-state index < -0.39 is 8.07 Å². The van der Waals surface area contributed by atoms with Crippen molar-refractivity contribution in [1.82, 2.24) is 0 Å². The van der Waals surface area contributed by atoms with Gasteiger partial charge in [0.05, 0.1) is 8.07 Å². The fraction of sp³-hybridized carbons (Fsp3) is 0.419. The predicted molar refractivity (Wildman–Crippen MR) is 145 cm³/mol. The predicted octanol–water partition coefficient (Wildman–Crippen LogP) is 9.46. The molecule has 2 aromatic rings. The maximum Gasteiger partial charge on any atom is 0.0717 e. The molecular formula is C31H40Si. The van der Waals surface area contributed by atoms with Crippen LogP contribution in [0, 0.1) is 0 Å². The fourth-order valence-corrected chi connectivity index (χ4v) is 11.8. The summed E-state index contributed by atoms with van der Waals surface area (Å²) < 4.78 is 0. The van der Waals surface area contributed by atoms with Gasteiger partial charge in [-0.05, 0) is 84.5 Å². The Morgan fingerprint density at radius 1 is 0.750 bits per heavy atom. The van der Waals surface area contributed by atoms with Crippen molar-refractivity contribution in [3.63, 3.8) is 0 Å². The molecule has 4 rings (SSSR count). The third-order valence-corrected chi connectivity index (χ3v) is 13.0. The van der Waals surface area contributed by atoms with E-state index in [0.717, 1.165) is 0 Å². The molecule has 1 atom stereocenters. The summed E-state index contributed by atoms with van der Waals surface area (Å²) in [4.78, 5) is 0. The molecule has 0 radical (unpaired) electrons. The first-order chi connectivity index (χ1) is 14.9. The maximum atomic E-state index is 2.64. The third kappa shape index (κ3) is 3.50. The zero-order valence-corrected chi connectivity index (χ0v) is 22.8. The molecule has 0 aromatic heterocycles. The molecule has 0 bridgehead atoms. The van der Waals surface area contributed by atoms with Gasteiger partial charge in [0, 0.05) is 5.54 Å². The lowest BCUT2D eigenvalue weighted by Crippen LogP contribution is -2.41. The Hall–Kier alpha value is -2.12. The minimum absolute atomic E-state index is 0.122. The zero-order valence-electron chi connectivity index (χ0n) is 21.8. The number of hydrogen-bond acceptors (Lipinski definition) is 0. The van der Waals surface area contributed by atoms with Crippen LogP contribution in [0.4, 0.5) is 0 Å². The summed E-state index contributed by atoms with van der Waals surface area (Å²) in [6, 6.07) is 16.0. The normalized spacial score (nSPS) is 19.7. The van der Waals surface area contributed by atoms with Crippen LogP contribution in [-0.2, 0) is 5.41 Å². The maximum absolute atomic E-state index is 2.64. The van der Waals surface area contributed by atoms with E-state index in [1.54, 1.807) is 22.3 Å². The van der Waals surface area contributed by atoms with Crippen molar-refractivity contribution >= 4 is 14.1 Å². The molecular weight excluding hydrogens is 400 g/mol. The van der Waals surface area contributed by atoms with Gasteiger partial charge in [-0.2, -0.15) is 0 Å². The second kappa shape index (κ2) is 7.73. The highest BCUT2D eigenvalue weighted by Crippen LogP contribution is 2.55. The lowest BCUT2D eigenvalue weighted by atomic mass is 9.82. The Kier molecular flexibility index (Phi) is 5.57. The van der Waals surface area contributed by atoms with Gasteiger partial charge in [-0.1, -0.05) is 99.1 Å². The Morgan fingerprint density at radius 3 is 1.84 bits per heavy atom. The fourth-order valence-electron chi connectivity index (χ4n) is 6.54. The van der Waals surface area contributed by atoms with Crippen molar-refractivity contribution in [3.05, 3.63) is 87.0 Å². The second-order valence-corrected chi connectivity index (χ2v) is 16.6. The summed E-state index contributed by atoms with van der Waals surface area (Å²) in [5.74, 6) is 0. The van der Waals surface area contributed by atoms with Crippen LogP contribution in [0.2, 0.25) is 18.6 Å². The molecule has 0 saturated carbocycles. The molecule has 0 fully saturated rings. The first-order valence-corrected chi connectivity index (χ1v) is 15.3. The van der Waals surface area contributed by atoms with E-state index in [1.807, 2.05) is 0 Å². The molecule has 0 spiro atoms. The minimum Gasteiger partial charge on any atom is -0.0679 e. The molecule has 0 saturated heterocycles. The number of fused-ring (bicyclic) bond motifs is 1.